The van der Waals surface area contributed by atoms with Crippen molar-refractivity contribution in [3.63, 3.8) is 0 Å². The fourth-order valence-electron chi connectivity index (χ4n) is 2.17. The van der Waals surface area contributed by atoms with Crippen LogP contribution in [-0.4, -0.2) is 4.98 Å². The average Bonchev–Trinajstić information content (AvgIpc) is 2.93. The van der Waals surface area contributed by atoms with Crippen molar-refractivity contribution >= 4 is 27.2 Å². The minimum Gasteiger partial charge on any atom is -0.365 e. The van der Waals surface area contributed by atoms with Crippen molar-refractivity contribution in [2.24, 2.45) is 0 Å². The Morgan fingerprint density at radius 2 is 1.90 bits per heavy atom. The van der Waals surface area contributed by atoms with E-state index in [0.29, 0.717) is 5.82 Å². The van der Waals surface area contributed by atoms with Crippen molar-refractivity contribution in [2.45, 2.75) is 12.7 Å². The molecular weight excluding hydrogens is 297 g/mol. The van der Waals surface area contributed by atoms with Crippen LogP contribution in [0.25, 0.3) is 10.1 Å². The molecule has 0 saturated heterocycles. The number of anilines is 1. The summed E-state index contributed by atoms with van der Waals surface area (Å²) >= 11 is 1.57. The van der Waals surface area contributed by atoms with Gasteiger partial charge in [-0.05, 0) is 29.1 Å². The van der Waals surface area contributed by atoms with Crippen molar-refractivity contribution in [2.75, 3.05) is 5.32 Å². The van der Waals surface area contributed by atoms with E-state index in [1.54, 1.807) is 23.6 Å². The van der Waals surface area contributed by atoms with Crippen LogP contribution in [0, 0.1) is 0 Å². The number of rotatable bonds is 3. The smallest absolute Gasteiger partial charge is 0.365 e. The molecule has 0 unspecified atom stereocenters. The summed E-state index contributed by atoms with van der Waals surface area (Å²) in [6.07, 6.45) is -2.70. The highest BCUT2D eigenvalue weighted by atomic mass is 32.1. The molecule has 0 atom stereocenters. The van der Waals surface area contributed by atoms with E-state index in [1.165, 1.54) is 12.1 Å². The number of nitrogens with one attached hydrogen (secondary N) is 1. The number of halogens is 3. The standard InChI is InChI=1S/C15H11F3N2S/c16-15(17,18)12-4-2-1-3-10(12)9-20-14-11-6-8-21-13(11)5-7-19-14/h1-8H,9H2,(H,19,20). The van der Waals surface area contributed by atoms with Gasteiger partial charge in [0.15, 0.2) is 0 Å². The second-order valence-electron chi connectivity index (χ2n) is 4.50. The van der Waals surface area contributed by atoms with Crippen LogP contribution in [0.5, 0.6) is 0 Å². The summed E-state index contributed by atoms with van der Waals surface area (Å²) in [6, 6.07) is 9.36. The number of aromatic nitrogens is 1. The Bertz CT molecular complexity index is 765. The number of fused-ring (bicyclic) bond motifs is 1. The number of benzene rings is 1. The summed E-state index contributed by atoms with van der Waals surface area (Å²) in [4.78, 5) is 4.20. The number of thiophene rings is 1. The SMILES string of the molecule is FC(F)(F)c1ccccc1CNc1nccc2sccc12. The summed E-state index contributed by atoms with van der Waals surface area (Å²) < 4.78 is 39.9. The second-order valence-corrected chi connectivity index (χ2v) is 5.45. The van der Waals surface area contributed by atoms with Gasteiger partial charge in [-0.3, -0.25) is 0 Å². The van der Waals surface area contributed by atoms with Gasteiger partial charge in [0.05, 0.1) is 5.56 Å². The van der Waals surface area contributed by atoms with Gasteiger partial charge in [0, 0.05) is 22.8 Å². The molecule has 0 radical (unpaired) electrons. The maximum absolute atomic E-state index is 12.9. The molecule has 0 aliphatic heterocycles. The van der Waals surface area contributed by atoms with Crippen molar-refractivity contribution in [1.29, 1.82) is 0 Å². The third-order valence-electron chi connectivity index (χ3n) is 3.15. The van der Waals surface area contributed by atoms with Crippen LogP contribution >= 0.6 is 11.3 Å². The molecule has 0 amide bonds. The maximum Gasteiger partial charge on any atom is 0.416 e. The van der Waals surface area contributed by atoms with Crippen molar-refractivity contribution in [1.82, 2.24) is 4.98 Å². The molecule has 0 aliphatic rings. The van der Waals surface area contributed by atoms with Crippen LogP contribution in [0.4, 0.5) is 19.0 Å². The van der Waals surface area contributed by atoms with Crippen molar-refractivity contribution in [3.8, 4) is 0 Å². The van der Waals surface area contributed by atoms with E-state index >= 15 is 0 Å². The van der Waals surface area contributed by atoms with Crippen molar-refractivity contribution < 1.29 is 13.2 Å². The quantitative estimate of drug-likeness (QED) is 0.742. The van der Waals surface area contributed by atoms with Gasteiger partial charge >= 0.3 is 6.18 Å². The minimum absolute atomic E-state index is 0.0810. The number of hydrogen-bond donors (Lipinski definition) is 1. The number of alkyl halides is 3. The molecule has 3 aromatic rings. The highest BCUT2D eigenvalue weighted by Crippen LogP contribution is 2.32. The van der Waals surface area contributed by atoms with E-state index in [2.05, 4.69) is 10.3 Å². The highest BCUT2D eigenvalue weighted by molar-refractivity contribution is 7.17. The first-order chi connectivity index (χ1) is 10.1. The van der Waals surface area contributed by atoms with Crippen LogP contribution in [0.15, 0.2) is 48.0 Å². The first-order valence-corrected chi connectivity index (χ1v) is 7.15. The topological polar surface area (TPSA) is 24.9 Å². The third kappa shape index (κ3) is 2.85. The maximum atomic E-state index is 12.9. The van der Waals surface area contributed by atoms with Gasteiger partial charge in [0.2, 0.25) is 0 Å². The molecule has 1 N–H and O–H groups in total. The third-order valence-corrected chi connectivity index (χ3v) is 4.03. The summed E-state index contributed by atoms with van der Waals surface area (Å²) in [6.45, 7) is 0.0810. The van der Waals surface area contributed by atoms with Gasteiger partial charge < -0.3 is 5.32 Å². The second kappa shape index (κ2) is 5.37. The fraction of sp³-hybridized carbons (Fsp3) is 0.133. The zero-order valence-electron chi connectivity index (χ0n) is 10.8. The van der Waals surface area contributed by atoms with E-state index in [-0.39, 0.29) is 12.1 Å². The molecule has 108 valence electrons. The zero-order chi connectivity index (χ0) is 14.9. The predicted molar refractivity (Wildman–Crippen MR) is 78.4 cm³/mol. The molecule has 0 bridgehead atoms. The van der Waals surface area contributed by atoms with E-state index in [9.17, 15) is 13.2 Å². The highest BCUT2D eigenvalue weighted by Gasteiger charge is 2.32. The normalized spacial score (nSPS) is 11.8. The van der Waals surface area contributed by atoms with Gasteiger partial charge in [-0.1, -0.05) is 18.2 Å². The lowest BCUT2D eigenvalue weighted by Gasteiger charge is -2.13. The molecule has 0 spiro atoms. The number of nitrogens with zero attached hydrogens (tertiary/aromatic N) is 1. The van der Waals surface area contributed by atoms with Gasteiger partial charge in [-0.2, -0.15) is 13.2 Å². The molecule has 0 fully saturated rings. The molecule has 2 nitrogen and oxygen atoms in total. The molecule has 2 heterocycles. The Labute approximate surface area is 123 Å². The minimum atomic E-state index is -4.35. The summed E-state index contributed by atoms with van der Waals surface area (Å²) in [5.41, 5.74) is -0.408. The van der Waals surface area contributed by atoms with Gasteiger partial charge in [-0.25, -0.2) is 4.98 Å². The van der Waals surface area contributed by atoms with Crippen LogP contribution in [0.3, 0.4) is 0 Å². The van der Waals surface area contributed by atoms with Crippen LogP contribution in [0.1, 0.15) is 11.1 Å². The molecule has 21 heavy (non-hydrogen) atoms. The van der Waals surface area contributed by atoms with Gasteiger partial charge in [0.25, 0.3) is 0 Å². The lowest BCUT2D eigenvalue weighted by molar-refractivity contribution is -0.138. The fourth-order valence-corrected chi connectivity index (χ4v) is 2.95. The predicted octanol–water partition coefficient (Wildman–Crippen LogP) is 4.93. The Kier molecular flexibility index (Phi) is 3.55. The van der Waals surface area contributed by atoms with E-state index in [0.717, 1.165) is 16.2 Å². The summed E-state index contributed by atoms with van der Waals surface area (Å²) in [5.74, 6) is 0.603. The first-order valence-electron chi connectivity index (χ1n) is 6.27. The molecule has 2 aromatic heterocycles. The van der Waals surface area contributed by atoms with Gasteiger partial charge in [-0.15, -0.1) is 11.3 Å². The number of pyridine rings is 1. The Morgan fingerprint density at radius 3 is 2.71 bits per heavy atom. The number of hydrogen-bond acceptors (Lipinski definition) is 3. The van der Waals surface area contributed by atoms with Crippen LogP contribution < -0.4 is 5.32 Å². The largest absolute Gasteiger partial charge is 0.416 e. The molecule has 6 heteroatoms. The Balaban J connectivity index is 1.87. The lowest BCUT2D eigenvalue weighted by atomic mass is 10.1. The Morgan fingerprint density at radius 1 is 1.10 bits per heavy atom. The molecule has 0 saturated carbocycles. The van der Waals surface area contributed by atoms with Crippen LogP contribution in [-0.2, 0) is 12.7 Å². The first kappa shape index (κ1) is 13.9. The molecule has 1 aromatic carbocycles. The van der Waals surface area contributed by atoms with E-state index in [4.69, 9.17) is 0 Å². The van der Waals surface area contributed by atoms with Crippen molar-refractivity contribution in [3.05, 3.63) is 59.1 Å². The van der Waals surface area contributed by atoms with E-state index < -0.39 is 11.7 Å². The Hall–Kier alpha value is -2.08. The molecular formula is C15H11F3N2S. The monoisotopic (exact) mass is 308 g/mol. The summed E-state index contributed by atoms with van der Waals surface area (Å²) in [5, 5.41) is 5.85. The molecule has 3 rings (SSSR count). The van der Waals surface area contributed by atoms with Gasteiger partial charge in [0.1, 0.15) is 5.82 Å². The van der Waals surface area contributed by atoms with Crippen LogP contribution in [0.2, 0.25) is 0 Å². The van der Waals surface area contributed by atoms with E-state index in [1.807, 2.05) is 17.5 Å². The molecule has 0 aliphatic carbocycles. The summed E-state index contributed by atoms with van der Waals surface area (Å²) in [7, 11) is 0. The lowest BCUT2D eigenvalue weighted by Crippen LogP contribution is -2.12. The zero-order valence-corrected chi connectivity index (χ0v) is 11.6. The average molecular weight is 308 g/mol.